The molecule has 2 N–H and O–H groups in total. The fraction of sp³-hybridized carbons (Fsp3) is 0.880. The van der Waals surface area contributed by atoms with Gasteiger partial charge in [-0.3, -0.25) is 9.80 Å². The van der Waals surface area contributed by atoms with Gasteiger partial charge in [-0.15, -0.1) is 0 Å². The number of halogens is 1. The smallest absolute Gasteiger partial charge is 0.229 e. The van der Waals surface area contributed by atoms with E-state index in [-0.39, 0.29) is 39.5 Å². The fourth-order valence-electron chi connectivity index (χ4n) is 7.40. The lowest BCUT2D eigenvalue weighted by Gasteiger charge is -2.55. The minimum atomic E-state index is 0.0937. The van der Waals surface area contributed by atoms with Gasteiger partial charge < -0.3 is 10.6 Å². The van der Waals surface area contributed by atoms with Crippen LogP contribution in [0.4, 0.5) is 11.9 Å². The molecule has 0 bridgehead atoms. The normalized spacial score (nSPS) is 25.7. The van der Waals surface area contributed by atoms with Gasteiger partial charge in [-0.2, -0.15) is 15.0 Å². The van der Waals surface area contributed by atoms with Gasteiger partial charge in [0.15, 0.2) is 0 Å². The van der Waals surface area contributed by atoms with E-state index in [4.69, 9.17) is 16.6 Å². The number of piperidine rings is 2. The number of hydrogen-bond acceptors (Lipinski definition) is 7. The van der Waals surface area contributed by atoms with Crippen LogP contribution in [-0.4, -0.2) is 72.1 Å². The van der Waals surface area contributed by atoms with E-state index in [2.05, 4.69) is 99.6 Å². The van der Waals surface area contributed by atoms with Gasteiger partial charge in [-0.1, -0.05) is 13.8 Å². The minimum absolute atomic E-state index is 0.0937. The van der Waals surface area contributed by atoms with Crippen LogP contribution in [0.3, 0.4) is 0 Å². The molecule has 8 heteroatoms. The third kappa shape index (κ3) is 5.73. The van der Waals surface area contributed by atoms with Gasteiger partial charge in [0.25, 0.3) is 0 Å². The van der Waals surface area contributed by atoms with E-state index in [1.807, 2.05) is 0 Å². The lowest BCUT2D eigenvalue weighted by Crippen LogP contribution is -2.62. The third-order valence-electron chi connectivity index (χ3n) is 7.81. The molecule has 0 unspecified atom stereocenters. The third-order valence-corrected chi connectivity index (χ3v) is 7.98. The van der Waals surface area contributed by atoms with E-state index in [0.717, 1.165) is 38.8 Å². The van der Waals surface area contributed by atoms with Crippen LogP contribution in [-0.2, 0) is 0 Å². The Morgan fingerprint density at radius 3 is 1.24 bits per heavy atom. The molecular weight excluding hydrogens is 434 g/mol. The molecule has 3 heterocycles. The zero-order chi connectivity index (χ0) is 24.8. The van der Waals surface area contributed by atoms with Crippen molar-refractivity contribution in [1.82, 2.24) is 24.8 Å². The first-order valence-corrected chi connectivity index (χ1v) is 13.0. The number of rotatable bonds is 6. The van der Waals surface area contributed by atoms with Gasteiger partial charge in [-0.25, -0.2) is 0 Å². The molecule has 2 fully saturated rings. The van der Waals surface area contributed by atoms with Crippen molar-refractivity contribution in [3.05, 3.63) is 5.28 Å². The van der Waals surface area contributed by atoms with Gasteiger partial charge in [0.05, 0.1) is 0 Å². The second-order valence-electron chi connectivity index (χ2n) is 12.5. The Labute approximate surface area is 206 Å². The van der Waals surface area contributed by atoms with Crippen LogP contribution in [0.2, 0.25) is 5.28 Å². The van der Waals surface area contributed by atoms with Crippen molar-refractivity contribution in [1.29, 1.82) is 0 Å². The van der Waals surface area contributed by atoms with E-state index in [1.165, 1.54) is 0 Å². The maximum Gasteiger partial charge on any atom is 0.229 e. The van der Waals surface area contributed by atoms with E-state index in [0.29, 0.717) is 11.9 Å². The number of hydrogen-bond donors (Lipinski definition) is 2. The standard InChI is InChI=1S/C25H46ClN7/c1-11-32-22(3,4)13-17(14-23(32,5)6)27-20-29-19(26)30-21(31-20)28-18-15-24(7,8)33(12-2)25(9,10)16-18/h17-18H,11-16H2,1-10H3,(H2,27,28,29,30,31). The monoisotopic (exact) mass is 479 g/mol. The number of aromatic nitrogens is 3. The molecule has 0 saturated carbocycles. The Kier molecular flexibility index (Phi) is 7.30. The lowest BCUT2D eigenvalue weighted by atomic mass is 9.77. The number of nitrogens with zero attached hydrogens (tertiary/aromatic N) is 5. The van der Waals surface area contributed by atoms with Gasteiger partial charge in [-0.05, 0) is 106 Å². The van der Waals surface area contributed by atoms with Crippen molar-refractivity contribution in [3.8, 4) is 0 Å². The summed E-state index contributed by atoms with van der Waals surface area (Å²) >= 11 is 6.34. The van der Waals surface area contributed by atoms with Gasteiger partial charge >= 0.3 is 0 Å². The fourth-order valence-corrected chi connectivity index (χ4v) is 7.56. The summed E-state index contributed by atoms with van der Waals surface area (Å²) in [6.45, 7) is 25.2. The Hall–Kier alpha value is -1.18. The summed E-state index contributed by atoms with van der Waals surface area (Å²) in [5.74, 6) is 1.12. The number of likely N-dealkylation sites (tertiary alicyclic amines) is 2. The first kappa shape index (κ1) is 26.4. The molecule has 188 valence electrons. The molecule has 1 aromatic rings. The van der Waals surface area contributed by atoms with Crippen LogP contribution in [0.5, 0.6) is 0 Å². The predicted molar refractivity (Wildman–Crippen MR) is 139 cm³/mol. The molecule has 1 aromatic heterocycles. The summed E-state index contributed by atoms with van der Waals surface area (Å²) < 4.78 is 0. The second kappa shape index (κ2) is 9.12. The maximum atomic E-state index is 6.34. The molecule has 0 aliphatic carbocycles. The van der Waals surface area contributed by atoms with E-state index < -0.39 is 0 Å². The molecule has 0 spiro atoms. The van der Waals surface area contributed by atoms with Crippen molar-refractivity contribution in [2.24, 2.45) is 0 Å². The largest absolute Gasteiger partial charge is 0.351 e. The molecule has 0 radical (unpaired) electrons. The van der Waals surface area contributed by atoms with Crippen LogP contribution in [0, 0.1) is 0 Å². The van der Waals surface area contributed by atoms with Gasteiger partial charge in [0.1, 0.15) is 0 Å². The van der Waals surface area contributed by atoms with Crippen molar-refractivity contribution in [2.75, 3.05) is 23.7 Å². The van der Waals surface area contributed by atoms with Crippen LogP contribution in [0.15, 0.2) is 0 Å². The predicted octanol–water partition coefficient (Wildman–Crippen LogP) is 5.43. The zero-order valence-corrected chi connectivity index (χ0v) is 23.3. The Balaban J connectivity index is 1.76. The Morgan fingerprint density at radius 1 is 0.667 bits per heavy atom. The molecule has 0 amide bonds. The SMILES string of the molecule is CCN1C(C)(C)CC(Nc2nc(Cl)nc(NC3CC(C)(C)N(CC)C(C)(C)C3)n2)CC1(C)C. The highest BCUT2D eigenvalue weighted by atomic mass is 35.5. The van der Waals surface area contributed by atoms with Gasteiger partial charge in [0.2, 0.25) is 17.2 Å². The molecule has 2 aliphatic heterocycles. The van der Waals surface area contributed by atoms with Crippen molar-refractivity contribution in [2.45, 2.75) is 129 Å². The van der Waals surface area contributed by atoms with Crippen LogP contribution in [0.25, 0.3) is 0 Å². The Morgan fingerprint density at radius 2 is 0.970 bits per heavy atom. The summed E-state index contributed by atoms with van der Waals surface area (Å²) in [7, 11) is 0. The molecule has 2 saturated heterocycles. The molecule has 0 atom stereocenters. The molecule has 33 heavy (non-hydrogen) atoms. The van der Waals surface area contributed by atoms with Crippen molar-refractivity contribution < 1.29 is 0 Å². The van der Waals surface area contributed by atoms with Crippen molar-refractivity contribution in [3.63, 3.8) is 0 Å². The highest BCUT2D eigenvalue weighted by molar-refractivity contribution is 6.28. The number of nitrogens with one attached hydrogen (secondary N) is 2. The Bertz CT molecular complexity index is 736. The van der Waals surface area contributed by atoms with Crippen LogP contribution >= 0.6 is 11.6 Å². The summed E-state index contributed by atoms with van der Waals surface area (Å²) in [5, 5.41) is 7.39. The van der Waals surface area contributed by atoms with Crippen LogP contribution in [0.1, 0.15) is 94.9 Å². The molecule has 7 nitrogen and oxygen atoms in total. The molecule has 0 aromatic carbocycles. The van der Waals surface area contributed by atoms with E-state index >= 15 is 0 Å². The highest BCUT2D eigenvalue weighted by Gasteiger charge is 2.45. The van der Waals surface area contributed by atoms with Gasteiger partial charge in [0, 0.05) is 34.2 Å². The quantitative estimate of drug-likeness (QED) is 0.563. The number of anilines is 2. The molecule has 2 aliphatic rings. The minimum Gasteiger partial charge on any atom is -0.351 e. The summed E-state index contributed by atoms with van der Waals surface area (Å²) in [5.41, 5.74) is 0.375. The highest BCUT2D eigenvalue weighted by Crippen LogP contribution is 2.40. The first-order chi connectivity index (χ1) is 15.1. The average Bonchev–Trinajstić information content (AvgIpc) is 2.57. The molecule has 3 rings (SSSR count). The summed E-state index contributed by atoms with van der Waals surface area (Å²) in [6, 6.07) is 0.546. The molecular formula is C25H46ClN7. The lowest BCUT2D eigenvalue weighted by molar-refractivity contribution is -0.0272. The topological polar surface area (TPSA) is 69.2 Å². The average molecular weight is 480 g/mol. The second-order valence-corrected chi connectivity index (χ2v) is 12.8. The summed E-state index contributed by atoms with van der Waals surface area (Å²) in [4.78, 5) is 18.7. The van der Waals surface area contributed by atoms with E-state index in [1.54, 1.807) is 0 Å². The van der Waals surface area contributed by atoms with Crippen LogP contribution < -0.4 is 10.6 Å². The first-order valence-electron chi connectivity index (χ1n) is 12.6. The summed E-state index contributed by atoms with van der Waals surface area (Å²) in [6.07, 6.45) is 4.09. The van der Waals surface area contributed by atoms with E-state index in [9.17, 15) is 0 Å². The zero-order valence-electron chi connectivity index (χ0n) is 22.5. The van der Waals surface area contributed by atoms with Crippen molar-refractivity contribution >= 4 is 23.5 Å². The maximum absolute atomic E-state index is 6.34.